The molecule has 0 heterocycles. The first-order valence-electron chi connectivity index (χ1n) is 3.47. The number of carboxylic acids is 2. The molecule has 0 aliphatic rings. The first-order valence-corrected chi connectivity index (χ1v) is 3.47. The van der Waals surface area contributed by atoms with Gasteiger partial charge in [0.15, 0.2) is 12.2 Å². The average Bonchev–Trinajstić information content (AvgIpc) is 2.12. The minimum absolute atomic E-state index is 0. The van der Waals surface area contributed by atoms with Gasteiger partial charge in [-0.3, -0.25) is 0 Å². The zero-order valence-corrected chi connectivity index (χ0v) is 10.9. The number of hydrogen-bond donors (Lipinski definition) is 6. The van der Waals surface area contributed by atoms with Crippen molar-refractivity contribution >= 4 is 11.9 Å². The predicted molar refractivity (Wildman–Crippen MR) is 39.3 cm³/mol. The summed E-state index contributed by atoms with van der Waals surface area (Å²) in [6, 6.07) is 0. The molecule has 15 heavy (non-hydrogen) atoms. The van der Waals surface area contributed by atoms with Crippen molar-refractivity contribution in [3.05, 3.63) is 0 Å². The second kappa shape index (κ2) is 7.65. The molecule has 0 aromatic rings. The average molecular weight is 249 g/mol. The standard InChI is InChI=1S/C6H10O8.K/c7-1(3(9)5(11)12)2(8)4(10)6(13)14;/h1-4,7-10H,(H,11,12)(H,13,14);/q;+1/t1-,2+,3-,4-;/m1./s1. The zero-order chi connectivity index (χ0) is 11.5. The molecule has 0 saturated carbocycles. The van der Waals surface area contributed by atoms with E-state index in [1.807, 2.05) is 0 Å². The van der Waals surface area contributed by atoms with E-state index in [4.69, 9.17) is 30.6 Å². The molecule has 0 radical (unpaired) electrons. The molecule has 0 saturated heterocycles. The molecule has 0 rings (SSSR count). The number of carboxylic acid groups (broad SMARTS) is 2. The summed E-state index contributed by atoms with van der Waals surface area (Å²) in [5.41, 5.74) is 0. The van der Waals surface area contributed by atoms with Crippen LogP contribution in [0.5, 0.6) is 0 Å². The topological polar surface area (TPSA) is 156 Å². The van der Waals surface area contributed by atoms with Gasteiger partial charge < -0.3 is 30.6 Å². The van der Waals surface area contributed by atoms with Crippen LogP contribution in [0.2, 0.25) is 0 Å². The number of aliphatic carboxylic acids is 2. The predicted octanol–water partition coefficient (Wildman–Crippen LogP) is -6.40. The normalized spacial score (nSPS) is 18.1. The monoisotopic (exact) mass is 249 g/mol. The maximum absolute atomic E-state index is 10.1. The maximum atomic E-state index is 10.1. The van der Waals surface area contributed by atoms with Crippen molar-refractivity contribution in [2.75, 3.05) is 0 Å². The van der Waals surface area contributed by atoms with Gasteiger partial charge in [-0.15, -0.1) is 0 Å². The van der Waals surface area contributed by atoms with Gasteiger partial charge in [0, 0.05) is 0 Å². The van der Waals surface area contributed by atoms with Gasteiger partial charge in [-0.05, 0) is 0 Å². The molecule has 8 nitrogen and oxygen atoms in total. The summed E-state index contributed by atoms with van der Waals surface area (Å²) in [4.78, 5) is 20.2. The molecule has 0 aliphatic carbocycles. The van der Waals surface area contributed by atoms with Gasteiger partial charge in [-0.1, -0.05) is 0 Å². The van der Waals surface area contributed by atoms with Gasteiger partial charge in [0.25, 0.3) is 0 Å². The molecule has 0 aromatic heterocycles. The molecular formula is C6H10KO8+. The largest absolute Gasteiger partial charge is 1.00 e. The van der Waals surface area contributed by atoms with Gasteiger partial charge in [-0.25, -0.2) is 9.59 Å². The van der Waals surface area contributed by atoms with E-state index in [9.17, 15) is 9.59 Å². The minimum Gasteiger partial charge on any atom is -0.479 e. The van der Waals surface area contributed by atoms with E-state index in [-0.39, 0.29) is 51.4 Å². The van der Waals surface area contributed by atoms with Crippen LogP contribution in [0, 0.1) is 0 Å². The summed E-state index contributed by atoms with van der Waals surface area (Å²) in [5.74, 6) is -3.68. The third-order valence-electron chi connectivity index (χ3n) is 1.50. The zero-order valence-electron chi connectivity index (χ0n) is 7.81. The Balaban J connectivity index is 0. The van der Waals surface area contributed by atoms with Crippen molar-refractivity contribution in [2.45, 2.75) is 24.4 Å². The van der Waals surface area contributed by atoms with E-state index in [0.717, 1.165) is 0 Å². The molecule has 0 amide bonds. The molecule has 0 aliphatic heterocycles. The van der Waals surface area contributed by atoms with E-state index in [1.165, 1.54) is 0 Å². The second-order valence-corrected chi connectivity index (χ2v) is 2.55. The van der Waals surface area contributed by atoms with Crippen LogP contribution in [-0.4, -0.2) is 67.0 Å². The molecule has 6 N–H and O–H groups in total. The maximum Gasteiger partial charge on any atom is 1.00 e. The van der Waals surface area contributed by atoms with E-state index in [0.29, 0.717) is 0 Å². The van der Waals surface area contributed by atoms with E-state index in [1.54, 1.807) is 0 Å². The van der Waals surface area contributed by atoms with Crippen LogP contribution in [0.4, 0.5) is 0 Å². The number of aliphatic hydroxyl groups is 4. The fourth-order valence-electron chi connectivity index (χ4n) is 0.666. The molecule has 82 valence electrons. The smallest absolute Gasteiger partial charge is 0.479 e. The summed E-state index contributed by atoms with van der Waals surface area (Å²) in [7, 11) is 0. The van der Waals surface area contributed by atoms with Crippen molar-refractivity contribution in [3.63, 3.8) is 0 Å². The molecule has 0 aromatic carbocycles. The fourth-order valence-corrected chi connectivity index (χ4v) is 0.666. The van der Waals surface area contributed by atoms with E-state index in [2.05, 4.69) is 0 Å². The Kier molecular flexibility index (Phi) is 9.08. The Labute approximate surface area is 127 Å². The van der Waals surface area contributed by atoms with Crippen LogP contribution >= 0.6 is 0 Å². The Morgan fingerprint density at radius 1 is 0.733 bits per heavy atom. The fraction of sp³-hybridized carbons (Fsp3) is 0.667. The van der Waals surface area contributed by atoms with Crippen LogP contribution in [-0.2, 0) is 9.59 Å². The van der Waals surface area contributed by atoms with Gasteiger partial charge >= 0.3 is 63.3 Å². The SMILES string of the molecule is O=C(O)[C@H](O)[C@H](O)[C@H](O)[C@@H](O)C(=O)O.[K+]. The Morgan fingerprint density at radius 3 is 1.07 bits per heavy atom. The quantitative estimate of drug-likeness (QED) is 0.263. The summed E-state index contributed by atoms with van der Waals surface area (Å²) >= 11 is 0. The van der Waals surface area contributed by atoms with Gasteiger partial charge in [0.1, 0.15) is 12.2 Å². The van der Waals surface area contributed by atoms with Crippen LogP contribution in [0.3, 0.4) is 0 Å². The molecule has 0 fully saturated rings. The van der Waals surface area contributed by atoms with Crippen molar-refractivity contribution in [3.8, 4) is 0 Å². The van der Waals surface area contributed by atoms with Crippen LogP contribution in [0.25, 0.3) is 0 Å². The van der Waals surface area contributed by atoms with Crippen molar-refractivity contribution in [1.29, 1.82) is 0 Å². The number of hydrogen-bond acceptors (Lipinski definition) is 6. The molecule has 9 heteroatoms. The molecule has 0 unspecified atom stereocenters. The third kappa shape index (κ3) is 5.33. The van der Waals surface area contributed by atoms with E-state index >= 15 is 0 Å². The van der Waals surface area contributed by atoms with Crippen LogP contribution in [0.1, 0.15) is 0 Å². The van der Waals surface area contributed by atoms with E-state index < -0.39 is 36.4 Å². The minimum atomic E-state index is -2.36. The van der Waals surface area contributed by atoms with Crippen LogP contribution < -0.4 is 51.4 Å². The Hall–Kier alpha value is 0.416. The third-order valence-corrected chi connectivity index (χ3v) is 1.50. The Bertz CT molecular complexity index is 207. The van der Waals surface area contributed by atoms with Gasteiger partial charge in [-0.2, -0.15) is 0 Å². The van der Waals surface area contributed by atoms with Crippen LogP contribution in [0.15, 0.2) is 0 Å². The number of carbonyl (C=O) groups is 2. The van der Waals surface area contributed by atoms with Gasteiger partial charge in [0.2, 0.25) is 0 Å². The first-order chi connectivity index (χ1) is 6.29. The molecule has 0 bridgehead atoms. The summed E-state index contributed by atoms with van der Waals surface area (Å²) in [6.45, 7) is 0. The molecule has 0 spiro atoms. The number of rotatable bonds is 5. The summed E-state index contributed by atoms with van der Waals surface area (Å²) in [6.07, 6.45) is -9.28. The van der Waals surface area contributed by atoms with Crippen molar-refractivity contribution in [2.24, 2.45) is 0 Å². The van der Waals surface area contributed by atoms with Crippen molar-refractivity contribution in [1.82, 2.24) is 0 Å². The van der Waals surface area contributed by atoms with Gasteiger partial charge in [0.05, 0.1) is 0 Å². The first kappa shape index (κ1) is 17.8. The number of aliphatic hydroxyl groups excluding tert-OH is 4. The molecule has 4 atom stereocenters. The molecular weight excluding hydrogens is 239 g/mol. The Morgan fingerprint density at radius 2 is 0.933 bits per heavy atom. The second-order valence-electron chi connectivity index (χ2n) is 2.55. The van der Waals surface area contributed by atoms with Crippen molar-refractivity contribution < 1.29 is 91.6 Å². The summed E-state index contributed by atoms with van der Waals surface area (Å²) in [5, 5.41) is 51.5. The summed E-state index contributed by atoms with van der Waals surface area (Å²) < 4.78 is 0.